The number of phosphoric ester groups is 1. The third-order valence-electron chi connectivity index (χ3n) is 5.47. The quantitative estimate of drug-likeness (QED) is 0.506. The number of hydrogen-bond donors (Lipinski definition) is 3. The number of amidine groups is 1. The lowest BCUT2D eigenvalue weighted by Crippen LogP contribution is -2.59. The number of allylic oxidation sites excluding steroid dienone is 1. The summed E-state index contributed by atoms with van der Waals surface area (Å²) in [4.78, 5) is 26.6. The van der Waals surface area contributed by atoms with Gasteiger partial charge in [0.25, 0.3) is 0 Å². The molecule has 2 atom stereocenters. The van der Waals surface area contributed by atoms with E-state index in [-0.39, 0.29) is 18.0 Å². The van der Waals surface area contributed by atoms with Gasteiger partial charge in [0.15, 0.2) is 6.73 Å². The second-order valence-corrected chi connectivity index (χ2v) is 10.4. The molecule has 4 rings (SSSR count). The maximum Gasteiger partial charge on any atom is 0.474 e. The molecule has 0 aromatic heterocycles. The summed E-state index contributed by atoms with van der Waals surface area (Å²) in [6, 6.07) is 8.12. The van der Waals surface area contributed by atoms with Crippen LogP contribution in [-0.4, -0.2) is 70.3 Å². The maximum absolute atomic E-state index is 11.1. The van der Waals surface area contributed by atoms with Gasteiger partial charge in [0.2, 0.25) is 0 Å². The van der Waals surface area contributed by atoms with E-state index in [2.05, 4.69) is 29.3 Å². The molecule has 2 unspecified atom stereocenters. The molecule has 3 aliphatic rings. The Morgan fingerprint density at radius 3 is 2.79 bits per heavy atom. The number of anilines is 1. The van der Waals surface area contributed by atoms with Crippen LogP contribution in [0.4, 0.5) is 11.4 Å². The van der Waals surface area contributed by atoms with E-state index in [0.29, 0.717) is 4.48 Å². The molecule has 152 valence electrons. The van der Waals surface area contributed by atoms with Gasteiger partial charge in [-0.2, -0.15) is 0 Å². The van der Waals surface area contributed by atoms with Crippen LogP contribution in [0.1, 0.15) is 6.92 Å². The van der Waals surface area contributed by atoms with Gasteiger partial charge in [-0.15, -0.1) is 11.8 Å². The summed E-state index contributed by atoms with van der Waals surface area (Å²) in [5.41, 5.74) is 2.00. The fourth-order valence-electron chi connectivity index (χ4n) is 3.83. The Bertz CT molecular complexity index is 863. The van der Waals surface area contributed by atoms with Crippen LogP contribution in [0.3, 0.4) is 0 Å². The highest BCUT2D eigenvalue weighted by atomic mass is 32.2. The van der Waals surface area contributed by atoms with Crippen molar-refractivity contribution in [2.45, 2.75) is 12.3 Å². The second kappa shape index (κ2) is 7.48. The molecule has 0 radical (unpaired) electrons. The van der Waals surface area contributed by atoms with Gasteiger partial charge in [-0.05, 0) is 24.0 Å². The van der Waals surface area contributed by atoms with Gasteiger partial charge in [-0.3, -0.25) is 0 Å². The number of nitrogens with zero attached hydrogens (tertiary/aromatic N) is 3. The third kappa shape index (κ3) is 4.30. The molecule has 10 heteroatoms. The SMILES string of the molecule is CC1=CC2C(N3CC[N+](C)(COP(=O)(O)O)CC3)=Nc3ccccc3NC2S1. The molecule has 28 heavy (non-hydrogen) atoms. The van der Waals surface area contributed by atoms with Crippen LogP contribution in [0.25, 0.3) is 0 Å². The fourth-order valence-corrected chi connectivity index (χ4v) is 5.42. The molecule has 3 aliphatic heterocycles. The monoisotopic (exact) mass is 425 g/mol. The number of hydrogen-bond acceptors (Lipinski definition) is 6. The van der Waals surface area contributed by atoms with Gasteiger partial charge >= 0.3 is 7.82 Å². The minimum atomic E-state index is -4.45. The van der Waals surface area contributed by atoms with Crippen molar-refractivity contribution >= 4 is 36.8 Å². The number of fused-ring (bicyclic) bond motifs is 2. The Morgan fingerprint density at radius 2 is 2.07 bits per heavy atom. The Morgan fingerprint density at radius 1 is 1.36 bits per heavy atom. The lowest BCUT2D eigenvalue weighted by molar-refractivity contribution is -0.928. The number of benzene rings is 1. The maximum atomic E-state index is 11.1. The molecule has 3 N–H and O–H groups in total. The topological polar surface area (TPSA) is 94.4 Å². The van der Waals surface area contributed by atoms with E-state index in [4.69, 9.17) is 19.3 Å². The predicted molar refractivity (Wildman–Crippen MR) is 111 cm³/mol. The zero-order valence-electron chi connectivity index (χ0n) is 16.0. The molecular weight excluding hydrogens is 399 g/mol. The van der Waals surface area contributed by atoms with Gasteiger partial charge in [-0.25, -0.2) is 14.1 Å². The highest BCUT2D eigenvalue weighted by molar-refractivity contribution is 8.04. The highest BCUT2D eigenvalue weighted by Gasteiger charge is 2.39. The van der Waals surface area contributed by atoms with Crippen molar-refractivity contribution in [3.63, 3.8) is 0 Å². The van der Waals surface area contributed by atoms with Crippen molar-refractivity contribution in [2.75, 3.05) is 45.3 Å². The molecule has 0 amide bonds. The summed E-state index contributed by atoms with van der Waals surface area (Å²) in [7, 11) is -2.48. The molecule has 0 spiro atoms. The van der Waals surface area contributed by atoms with Crippen molar-refractivity contribution in [3.8, 4) is 0 Å². The van der Waals surface area contributed by atoms with Gasteiger partial charge < -0.3 is 24.5 Å². The Hall–Kier alpha value is -1.35. The van der Waals surface area contributed by atoms with E-state index in [1.807, 2.05) is 37.0 Å². The van der Waals surface area contributed by atoms with Crippen molar-refractivity contribution in [1.82, 2.24) is 4.90 Å². The van der Waals surface area contributed by atoms with E-state index >= 15 is 0 Å². The Kier molecular flexibility index (Phi) is 5.33. The Labute approximate surface area is 169 Å². The summed E-state index contributed by atoms with van der Waals surface area (Å²) in [6.45, 7) is 5.15. The first-order chi connectivity index (χ1) is 13.2. The van der Waals surface area contributed by atoms with Gasteiger partial charge in [0, 0.05) is 0 Å². The summed E-state index contributed by atoms with van der Waals surface area (Å²) in [5, 5.41) is 3.86. The Balaban J connectivity index is 1.54. The summed E-state index contributed by atoms with van der Waals surface area (Å²) >= 11 is 1.84. The second-order valence-electron chi connectivity index (χ2n) is 7.78. The van der Waals surface area contributed by atoms with E-state index in [9.17, 15) is 4.57 Å². The smallest absolute Gasteiger partial charge is 0.370 e. The number of likely N-dealkylation sites (N-methyl/N-ethyl adjacent to an activating group) is 1. The first-order valence-corrected chi connectivity index (χ1v) is 11.7. The summed E-state index contributed by atoms with van der Waals surface area (Å²) < 4.78 is 16.3. The van der Waals surface area contributed by atoms with E-state index < -0.39 is 7.82 Å². The highest BCUT2D eigenvalue weighted by Crippen LogP contribution is 2.43. The van der Waals surface area contributed by atoms with Crippen molar-refractivity contribution in [1.29, 1.82) is 0 Å². The first kappa shape index (κ1) is 19.9. The van der Waals surface area contributed by atoms with Crippen molar-refractivity contribution in [2.24, 2.45) is 10.9 Å². The minimum absolute atomic E-state index is 0.00982. The zero-order chi connectivity index (χ0) is 19.9. The average molecular weight is 425 g/mol. The van der Waals surface area contributed by atoms with Crippen LogP contribution >= 0.6 is 19.6 Å². The molecule has 8 nitrogen and oxygen atoms in total. The van der Waals surface area contributed by atoms with Crippen LogP contribution in [-0.2, 0) is 9.09 Å². The summed E-state index contributed by atoms with van der Waals surface area (Å²) in [5.74, 6) is 1.26. The van der Waals surface area contributed by atoms with E-state index in [0.717, 1.165) is 43.4 Å². The first-order valence-electron chi connectivity index (χ1n) is 9.30. The molecule has 1 aromatic rings. The van der Waals surface area contributed by atoms with Gasteiger partial charge in [-0.1, -0.05) is 18.2 Å². The van der Waals surface area contributed by atoms with E-state index in [1.165, 1.54) is 4.91 Å². The number of quaternary nitrogens is 1. The lowest BCUT2D eigenvalue weighted by atomic mass is 10.1. The number of aliphatic imine (C=N–C) groups is 1. The van der Waals surface area contributed by atoms with Crippen LogP contribution in [0, 0.1) is 5.92 Å². The number of phosphoric acid groups is 1. The number of para-hydroxylation sites is 2. The minimum Gasteiger partial charge on any atom is -0.370 e. The third-order valence-corrected chi connectivity index (χ3v) is 7.09. The zero-order valence-corrected chi connectivity index (χ0v) is 17.7. The van der Waals surface area contributed by atoms with Crippen LogP contribution in [0.5, 0.6) is 0 Å². The molecule has 3 heterocycles. The van der Waals surface area contributed by atoms with Crippen molar-refractivity contribution < 1.29 is 23.4 Å². The van der Waals surface area contributed by atoms with Crippen LogP contribution in [0.2, 0.25) is 0 Å². The normalized spacial score (nSPS) is 26.5. The molecule has 0 bridgehead atoms. The van der Waals surface area contributed by atoms with Gasteiger partial charge in [0.05, 0.1) is 55.9 Å². The molecular formula is C18H26N4O4PS+. The van der Waals surface area contributed by atoms with Crippen LogP contribution < -0.4 is 5.32 Å². The molecule has 1 fully saturated rings. The number of piperazine rings is 1. The molecule has 0 aliphatic carbocycles. The number of nitrogens with one attached hydrogen (secondary N) is 1. The molecule has 1 saturated heterocycles. The van der Waals surface area contributed by atoms with Crippen LogP contribution in [0.15, 0.2) is 40.2 Å². The number of thioether (sulfide) groups is 1. The number of rotatable bonds is 3. The lowest BCUT2D eigenvalue weighted by Gasteiger charge is -2.43. The molecule has 1 aromatic carbocycles. The summed E-state index contributed by atoms with van der Waals surface area (Å²) in [6.07, 6.45) is 2.28. The largest absolute Gasteiger partial charge is 0.474 e. The molecule has 0 saturated carbocycles. The van der Waals surface area contributed by atoms with Gasteiger partial charge in [0.1, 0.15) is 5.84 Å². The standard InChI is InChI=1S/C18H25N4O4PS/c1-13-11-14-17(19-15-5-3-4-6-16(15)20-18(14)28-13)21-7-9-22(2,10-8-21)12-26-27(23,24)25/h3-6,11,14,18,20H,7-10,12H2,1-2H3,(H-,23,24,25)/p+1. The average Bonchev–Trinajstić information content (AvgIpc) is 2.92. The fraction of sp³-hybridized carbons (Fsp3) is 0.500. The van der Waals surface area contributed by atoms with Crippen molar-refractivity contribution in [3.05, 3.63) is 35.2 Å². The van der Waals surface area contributed by atoms with E-state index in [1.54, 1.807) is 0 Å². The predicted octanol–water partition coefficient (Wildman–Crippen LogP) is 2.56.